The van der Waals surface area contributed by atoms with Crippen molar-refractivity contribution >= 4 is 46.4 Å². The van der Waals surface area contributed by atoms with Crippen molar-refractivity contribution in [2.75, 3.05) is 17.2 Å². The molecule has 0 saturated heterocycles. The second-order valence-electron chi connectivity index (χ2n) is 4.38. The normalized spacial score (nSPS) is 10.1. The largest absolute Gasteiger partial charge is 0.462 e. The number of H-pyrrole nitrogens is 1. The Kier molecular flexibility index (Phi) is 5.35. The molecule has 6 nitrogen and oxygen atoms in total. The standard InChI is InChI=1S/C14H15ClN4O2S/c1-3-21-13(20)11-8(2)18-19-12(11)17-14(22)16-10-6-4-9(15)5-7-10/h4-7H,3H2,1-2H3,(H3,16,17,18,19,22). The molecule has 0 spiro atoms. The monoisotopic (exact) mass is 338 g/mol. The number of aryl methyl sites for hydroxylation is 1. The molecule has 22 heavy (non-hydrogen) atoms. The average molecular weight is 339 g/mol. The van der Waals surface area contributed by atoms with E-state index in [0.717, 1.165) is 5.69 Å². The highest BCUT2D eigenvalue weighted by atomic mass is 35.5. The average Bonchev–Trinajstić information content (AvgIpc) is 2.82. The van der Waals surface area contributed by atoms with Gasteiger partial charge in [0.25, 0.3) is 0 Å². The molecule has 0 atom stereocenters. The number of hydrogen-bond acceptors (Lipinski definition) is 4. The number of benzene rings is 1. The molecule has 0 amide bonds. The SMILES string of the molecule is CCOC(=O)c1c(NC(=S)Nc2ccc(Cl)cc2)n[nH]c1C. The van der Waals surface area contributed by atoms with Gasteiger partial charge >= 0.3 is 5.97 Å². The smallest absolute Gasteiger partial charge is 0.343 e. The predicted molar refractivity (Wildman–Crippen MR) is 90.6 cm³/mol. The quantitative estimate of drug-likeness (QED) is 0.586. The third-order valence-electron chi connectivity index (χ3n) is 2.76. The summed E-state index contributed by atoms with van der Waals surface area (Å²) in [5.41, 5.74) is 1.71. The molecule has 0 aliphatic heterocycles. The maximum Gasteiger partial charge on any atom is 0.343 e. The van der Waals surface area contributed by atoms with Crippen LogP contribution in [0.15, 0.2) is 24.3 Å². The van der Waals surface area contributed by atoms with Crippen LogP contribution in [-0.2, 0) is 4.74 Å². The number of carbonyl (C=O) groups is 1. The zero-order valence-corrected chi connectivity index (χ0v) is 13.6. The molecule has 3 N–H and O–H groups in total. The van der Waals surface area contributed by atoms with Gasteiger partial charge in [-0.2, -0.15) is 5.10 Å². The molecule has 0 unspecified atom stereocenters. The number of aromatic amines is 1. The highest BCUT2D eigenvalue weighted by Crippen LogP contribution is 2.18. The first-order chi connectivity index (χ1) is 10.5. The molecule has 0 bridgehead atoms. The third-order valence-corrected chi connectivity index (χ3v) is 3.22. The van der Waals surface area contributed by atoms with E-state index in [4.69, 9.17) is 28.6 Å². The van der Waals surface area contributed by atoms with E-state index in [1.54, 1.807) is 38.1 Å². The Morgan fingerprint density at radius 3 is 2.68 bits per heavy atom. The van der Waals surface area contributed by atoms with Gasteiger partial charge in [-0.3, -0.25) is 5.10 Å². The van der Waals surface area contributed by atoms with Crippen molar-refractivity contribution in [2.24, 2.45) is 0 Å². The van der Waals surface area contributed by atoms with Crippen molar-refractivity contribution in [3.63, 3.8) is 0 Å². The molecule has 0 radical (unpaired) electrons. The lowest BCUT2D eigenvalue weighted by atomic mass is 10.2. The van der Waals surface area contributed by atoms with Crippen molar-refractivity contribution < 1.29 is 9.53 Å². The van der Waals surface area contributed by atoms with Crippen LogP contribution in [0.2, 0.25) is 5.02 Å². The minimum absolute atomic E-state index is 0.288. The number of nitrogens with zero attached hydrogens (tertiary/aromatic N) is 1. The lowest BCUT2D eigenvalue weighted by molar-refractivity contribution is 0.0527. The van der Waals surface area contributed by atoms with E-state index in [-0.39, 0.29) is 6.61 Å². The fourth-order valence-electron chi connectivity index (χ4n) is 1.78. The first-order valence-electron chi connectivity index (χ1n) is 6.57. The van der Waals surface area contributed by atoms with Crippen LogP contribution >= 0.6 is 23.8 Å². The van der Waals surface area contributed by atoms with Crippen molar-refractivity contribution in [3.8, 4) is 0 Å². The number of carbonyl (C=O) groups excluding carboxylic acids is 1. The van der Waals surface area contributed by atoms with Gasteiger partial charge in [0, 0.05) is 16.4 Å². The fraction of sp³-hybridized carbons (Fsp3) is 0.214. The molecule has 1 aromatic carbocycles. The van der Waals surface area contributed by atoms with Crippen molar-refractivity contribution in [1.82, 2.24) is 10.2 Å². The fourth-order valence-corrected chi connectivity index (χ4v) is 2.12. The Morgan fingerprint density at radius 1 is 1.36 bits per heavy atom. The van der Waals surface area contributed by atoms with Gasteiger partial charge in [0.2, 0.25) is 0 Å². The van der Waals surface area contributed by atoms with Crippen LogP contribution in [0, 0.1) is 6.92 Å². The molecule has 2 aromatic rings. The molecule has 0 fully saturated rings. The summed E-state index contributed by atoms with van der Waals surface area (Å²) in [4.78, 5) is 11.9. The van der Waals surface area contributed by atoms with Gasteiger partial charge < -0.3 is 15.4 Å². The van der Waals surface area contributed by atoms with E-state index in [1.165, 1.54) is 0 Å². The summed E-state index contributed by atoms with van der Waals surface area (Å²) in [6.07, 6.45) is 0. The maximum absolute atomic E-state index is 11.9. The van der Waals surface area contributed by atoms with Gasteiger partial charge in [-0.15, -0.1) is 0 Å². The topological polar surface area (TPSA) is 79.0 Å². The van der Waals surface area contributed by atoms with E-state index in [0.29, 0.717) is 27.2 Å². The Hall–Kier alpha value is -2.12. The van der Waals surface area contributed by atoms with Crippen LogP contribution < -0.4 is 10.6 Å². The van der Waals surface area contributed by atoms with Gasteiger partial charge in [-0.05, 0) is 50.3 Å². The summed E-state index contributed by atoms with van der Waals surface area (Å²) < 4.78 is 5.00. The predicted octanol–water partition coefficient (Wildman–Crippen LogP) is 3.36. The Labute approximate surface area is 138 Å². The Bertz CT molecular complexity index is 685. The van der Waals surface area contributed by atoms with Gasteiger partial charge in [-0.25, -0.2) is 4.79 Å². The second kappa shape index (κ2) is 7.24. The van der Waals surface area contributed by atoms with E-state index < -0.39 is 5.97 Å². The van der Waals surface area contributed by atoms with Crippen LogP contribution in [-0.4, -0.2) is 27.9 Å². The summed E-state index contributed by atoms with van der Waals surface area (Å²) in [6, 6.07) is 7.07. The van der Waals surface area contributed by atoms with E-state index in [1.807, 2.05) is 0 Å². The number of aromatic nitrogens is 2. The lowest BCUT2D eigenvalue weighted by Crippen LogP contribution is -2.21. The number of hydrogen-bond donors (Lipinski definition) is 3. The molecule has 116 valence electrons. The lowest BCUT2D eigenvalue weighted by Gasteiger charge is -2.10. The summed E-state index contributed by atoms with van der Waals surface area (Å²) in [7, 11) is 0. The van der Waals surface area contributed by atoms with Gasteiger partial charge in [0.05, 0.1) is 6.61 Å². The third kappa shape index (κ3) is 3.96. The molecule has 0 saturated carbocycles. The Morgan fingerprint density at radius 2 is 2.05 bits per heavy atom. The number of anilines is 2. The van der Waals surface area contributed by atoms with E-state index in [9.17, 15) is 4.79 Å². The van der Waals surface area contributed by atoms with Crippen molar-refractivity contribution in [1.29, 1.82) is 0 Å². The minimum atomic E-state index is -0.453. The molecule has 8 heteroatoms. The van der Waals surface area contributed by atoms with Gasteiger partial charge in [0.15, 0.2) is 10.9 Å². The van der Waals surface area contributed by atoms with Crippen molar-refractivity contribution in [2.45, 2.75) is 13.8 Å². The first-order valence-corrected chi connectivity index (χ1v) is 7.35. The molecular weight excluding hydrogens is 324 g/mol. The van der Waals surface area contributed by atoms with Crippen LogP contribution in [0.3, 0.4) is 0 Å². The minimum Gasteiger partial charge on any atom is -0.462 e. The number of esters is 1. The zero-order valence-electron chi connectivity index (χ0n) is 12.1. The molecule has 1 aromatic heterocycles. The highest BCUT2D eigenvalue weighted by molar-refractivity contribution is 7.80. The maximum atomic E-state index is 11.9. The van der Waals surface area contributed by atoms with Crippen LogP contribution in [0.1, 0.15) is 23.0 Å². The summed E-state index contributed by atoms with van der Waals surface area (Å²) in [5, 5.41) is 13.6. The summed E-state index contributed by atoms with van der Waals surface area (Å²) >= 11 is 11.0. The van der Waals surface area contributed by atoms with Gasteiger partial charge in [0.1, 0.15) is 5.56 Å². The number of halogens is 1. The highest BCUT2D eigenvalue weighted by Gasteiger charge is 2.20. The zero-order chi connectivity index (χ0) is 16.1. The molecule has 0 aliphatic carbocycles. The van der Waals surface area contributed by atoms with Crippen molar-refractivity contribution in [3.05, 3.63) is 40.5 Å². The second-order valence-corrected chi connectivity index (χ2v) is 5.22. The summed E-state index contributed by atoms with van der Waals surface area (Å²) in [5.74, 6) is -0.132. The van der Waals surface area contributed by atoms with Crippen LogP contribution in [0.4, 0.5) is 11.5 Å². The van der Waals surface area contributed by atoms with E-state index >= 15 is 0 Å². The molecule has 1 heterocycles. The summed E-state index contributed by atoms with van der Waals surface area (Å²) in [6.45, 7) is 3.77. The number of thiocarbonyl (C=S) groups is 1. The number of nitrogens with one attached hydrogen (secondary N) is 3. The molecular formula is C14H15ClN4O2S. The number of rotatable bonds is 4. The van der Waals surface area contributed by atoms with E-state index in [2.05, 4.69) is 20.8 Å². The van der Waals surface area contributed by atoms with Crippen LogP contribution in [0.5, 0.6) is 0 Å². The number of ether oxygens (including phenoxy) is 1. The molecule has 0 aliphatic rings. The van der Waals surface area contributed by atoms with Gasteiger partial charge in [-0.1, -0.05) is 11.6 Å². The van der Waals surface area contributed by atoms with Crippen LogP contribution in [0.25, 0.3) is 0 Å². The molecule has 2 rings (SSSR count). The Balaban J connectivity index is 2.08. The first kappa shape index (κ1) is 16.3.